The van der Waals surface area contributed by atoms with E-state index in [9.17, 15) is 14.7 Å². The predicted molar refractivity (Wildman–Crippen MR) is 171 cm³/mol. The van der Waals surface area contributed by atoms with Gasteiger partial charge in [0.15, 0.2) is 11.6 Å². The number of benzene rings is 2. The van der Waals surface area contributed by atoms with Gasteiger partial charge in [-0.2, -0.15) is 4.98 Å². The summed E-state index contributed by atoms with van der Waals surface area (Å²) in [7, 11) is 0. The van der Waals surface area contributed by atoms with E-state index in [1.54, 1.807) is 4.90 Å². The van der Waals surface area contributed by atoms with Gasteiger partial charge in [-0.05, 0) is 37.0 Å². The fourth-order valence-electron chi connectivity index (χ4n) is 6.42. The summed E-state index contributed by atoms with van der Waals surface area (Å²) in [6.45, 7) is 13.4. The van der Waals surface area contributed by atoms with Crippen molar-refractivity contribution in [2.24, 2.45) is 0 Å². The van der Waals surface area contributed by atoms with Gasteiger partial charge >= 0.3 is 5.69 Å². The topological polar surface area (TPSA) is 114 Å². The lowest BCUT2D eigenvalue weighted by Crippen LogP contribution is -2.60. The summed E-state index contributed by atoms with van der Waals surface area (Å²) in [5.74, 6) is -3.35. The Bertz CT molecular complexity index is 1930. The molecule has 0 radical (unpaired) electrons. The van der Waals surface area contributed by atoms with Crippen LogP contribution in [-0.2, 0) is 4.79 Å². The maximum absolute atomic E-state index is 16.8. The van der Waals surface area contributed by atoms with Crippen molar-refractivity contribution in [1.82, 2.24) is 24.4 Å². The minimum atomic E-state index is -1.03. The number of halogens is 3. The molecule has 0 bridgehead atoms. The minimum absolute atomic E-state index is 0.00206. The summed E-state index contributed by atoms with van der Waals surface area (Å²) in [6.07, 6.45) is 2.65. The number of aromatic hydroxyl groups is 1. The number of fused-ring (bicyclic) bond motifs is 2. The number of piperazine rings is 1. The molecule has 10 nitrogen and oxygen atoms in total. The zero-order valence-electron chi connectivity index (χ0n) is 26.0. The van der Waals surface area contributed by atoms with E-state index < -0.39 is 40.2 Å². The van der Waals surface area contributed by atoms with Gasteiger partial charge in [-0.25, -0.2) is 23.5 Å². The molecule has 2 aromatic heterocycles. The monoisotopic (exact) mass is 650 g/mol. The molecule has 2 aliphatic rings. The number of ether oxygens (including phenoxy) is 1. The van der Waals surface area contributed by atoms with Crippen LogP contribution in [0.25, 0.3) is 27.7 Å². The third kappa shape index (κ3) is 4.77. The predicted octanol–water partition coefficient (Wildman–Crippen LogP) is 5.71. The highest BCUT2D eigenvalue weighted by molar-refractivity contribution is 6.39. The molecule has 1 amide bonds. The molecule has 0 spiro atoms. The van der Waals surface area contributed by atoms with E-state index in [0.29, 0.717) is 17.1 Å². The Labute approximate surface area is 268 Å². The number of aromatic nitrogens is 4. The van der Waals surface area contributed by atoms with Crippen molar-refractivity contribution >= 4 is 34.2 Å². The Morgan fingerprint density at radius 3 is 2.41 bits per heavy atom. The summed E-state index contributed by atoms with van der Waals surface area (Å²) in [6, 6.07) is 2.72. The third-order valence-electron chi connectivity index (χ3n) is 8.58. The zero-order chi connectivity index (χ0) is 33.2. The van der Waals surface area contributed by atoms with Crippen LogP contribution in [0.3, 0.4) is 0 Å². The van der Waals surface area contributed by atoms with E-state index in [-0.39, 0.29) is 71.0 Å². The van der Waals surface area contributed by atoms with Gasteiger partial charge in [0.2, 0.25) is 5.91 Å². The molecule has 0 saturated carbocycles. The molecule has 2 atom stereocenters. The standard InChI is InChI=1S/C33H33ClF2N6O4/c1-7-21(44)40-12-18-13-46-31-24-29(25(34)23(26(31)36)22-19(35)9-8-10-20(22)43)42(33(45)39-32(24)41(18)11-17(40)6)30-27(15(2)3)37-14-38-28(30)16(4)5/h7-10,14-18,43H,1,11-13H2,2-6H3. The number of rotatable bonds is 5. The van der Waals surface area contributed by atoms with Crippen molar-refractivity contribution in [2.45, 2.75) is 58.5 Å². The Balaban J connectivity index is 1.79. The molecule has 1 N–H and O–H groups in total. The number of carbonyl (C=O) groups is 1. The van der Waals surface area contributed by atoms with Crippen molar-refractivity contribution in [3.05, 3.63) is 75.7 Å². The number of carbonyl (C=O) groups excluding carboxylic acids is 1. The molecule has 46 heavy (non-hydrogen) atoms. The second-order valence-corrected chi connectivity index (χ2v) is 12.6. The second kappa shape index (κ2) is 11.7. The highest BCUT2D eigenvalue weighted by Gasteiger charge is 2.41. The number of hydrogen-bond acceptors (Lipinski definition) is 8. The lowest BCUT2D eigenvalue weighted by Gasteiger charge is -2.44. The largest absolute Gasteiger partial charge is 0.507 e. The van der Waals surface area contributed by atoms with Gasteiger partial charge in [0.25, 0.3) is 0 Å². The van der Waals surface area contributed by atoms with Crippen molar-refractivity contribution in [3.63, 3.8) is 0 Å². The Kier molecular flexibility index (Phi) is 7.95. The van der Waals surface area contributed by atoms with Crippen LogP contribution in [0.1, 0.15) is 57.8 Å². The normalized spacial score (nSPS) is 17.7. The van der Waals surface area contributed by atoms with E-state index in [4.69, 9.17) is 16.3 Å². The van der Waals surface area contributed by atoms with Crippen LogP contribution in [-0.4, -0.2) is 67.2 Å². The molecule has 1 fully saturated rings. The van der Waals surface area contributed by atoms with Crippen LogP contribution in [0.5, 0.6) is 11.5 Å². The van der Waals surface area contributed by atoms with Crippen LogP contribution >= 0.6 is 11.6 Å². The Morgan fingerprint density at radius 1 is 1.13 bits per heavy atom. The van der Waals surface area contributed by atoms with Crippen LogP contribution in [0.4, 0.5) is 14.6 Å². The van der Waals surface area contributed by atoms with Gasteiger partial charge in [-0.1, -0.05) is 51.9 Å². The number of hydrogen-bond donors (Lipinski definition) is 1. The maximum Gasteiger partial charge on any atom is 0.354 e. The zero-order valence-corrected chi connectivity index (χ0v) is 26.8. The van der Waals surface area contributed by atoms with Crippen LogP contribution < -0.4 is 15.3 Å². The Morgan fingerprint density at radius 2 is 1.80 bits per heavy atom. The van der Waals surface area contributed by atoms with Crippen molar-refractivity contribution in [2.75, 3.05) is 24.6 Å². The van der Waals surface area contributed by atoms with Gasteiger partial charge in [-0.3, -0.25) is 9.36 Å². The minimum Gasteiger partial charge on any atom is -0.507 e. The number of amides is 1. The van der Waals surface area contributed by atoms with Gasteiger partial charge in [-0.15, -0.1) is 0 Å². The summed E-state index contributed by atoms with van der Waals surface area (Å²) in [4.78, 5) is 44.0. The average molecular weight is 651 g/mol. The van der Waals surface area contributed by atoms with Crippen molar-refractivity contribution < 1.29 is 23.4 Å². The first kappa shape index (κ1) is 31.4. The fraction of sp³-hybridized carbons (Fsp3) is 0.364. The van der Waals surface area contributed by atoms with Gasteiger partial charge < -0.3 is 19.6 Å². The van der Waals surface area contributed by atoms with Gasteiger partial charge in [0, 0.05) is 24.7 Å². The number of phenolic OH excluding ortho intramolecular Hbond substituents is 1. The molecule has 6 rings (SSSR count). The summed E-state index contributed by atoms with van der Waals surface area (Å²) in [5, 5.41) is 10.5. The third-order valence-corrected chi connectivity index (χ3v) is 8.95. The molecule has 4 aromatic rings. The molecular formula is C33H33ClF2N6O4. The first-order valence-electron chi connectivity index (χ1n) is 15.0. The van der Waals surface area contributed by atoms with Crippen LogP contribution in [0, 0.1) is 11.6 Å². The lowest BCUT2D eigenvalue weighted by atomic mass is 9.98. The highest BCUT2D eigenvalue weighted by atomic mass is 35.5. The van der Waals surface area contributed by atoms with Crippen molar-refractivity contribution in [3.8, 4) is 28.3 Å². The van der Waals surface area contributed by atoms with E-state index >= 15 is 8.78 Å². The SMILES string of the molecule is C=CC(=O)N1CC2COc3c(F)c(-c4c(O)cccc4F)c(Cl)c4c3c(nc(=O)n4-c3c(C(C)C)ncnc3C(C)C)N2CC1C. The highest BCUT2D eigenvalue weighted by Crippen LogP contribution is 2.50. The van der Waals surface area contributed by atoms with Crippen LogP contribution in [0.2, 0.25) is 5.02 Å². The van der Waals surface area contributed by atoms with Gasteiger partial charge in [0.05, 0.1) is 44.6 Å². The van der Waals surface area contributed by atoms with Crippen molar-refractivity contribution in [1.29, 1.82) is 0 Å². The first-order chi connectivity index (χ1) is 21.9. The molecule has 4 heterocycles. The molecule has 2 aromatic carbocycles. The smallest absolute Gasteiger partial charge is 0.354 e. The molecule has 2 unspecified atom stereocenters. The Hall–Kier alpha value is -4.58. The molecule has 240 valence electrons. The van der Waals surface area contributed by atoms with E-state index in [1.807, 2.05) is 39.5 Å². The number of anilines is 1. The number of nitrogens with zero attached hydrogens (tertiary/aromatic N) is 6. The summed E-state index contributed by atoms with van der Waals surface area (Å²) >= 11 is 7.10. The maximum atomic E-state index is 16.8. The van der Waals surface area contributed by atoms with Crippen LogP contribution in [0.15, 0.2) is 42.0 Å². The van der Waals surface area contributed by atoms with E-state index in [0.717, 1.165) is 6.07 Å². The molecule has 13 heteroatoms. The molecular weight excluding hydrogens is 618 g/mol. The average Bonchev–Trinajstić information content (AvgIpc) is 3.16. The second-order valence-electron chi connectivity index (χ2n) is 12.2. The summed E-state index contributed by atoms with van der Waals surface area (Å²) in [5.41, 5.74) is -0.337. The number of phenols is 1. The molecule has 0 aliphatic carbocycles. The summed E-state index contributed by atoms with van der Waals surface area (Å²) < 4.78 is 39.7. The van der Waals surface area contributed by atoms with E-state index in [1.165, 1.54) is 29.1 Å². The molecule has 2 aliphatic heterocycles. The molecule has 1 saturated heterocycles. The van der Waals surface area contributed by atoms with Gasteiger partial charge in [0.1, 0.15) is 30.3 Å². The lowest BCUT2D eigenvalue weighted by molar-refractivity contribution is -0.129. The fourth-order valence-corrected chi connectivity index (χ4v) is 6.78. The van der Waals surface area contributed by atoms with E-state index in [2.05, 4.69) is 21.5 Å². The quantitative estimate of drug-likeness (QED) is 0.273. The first-order valence-corrected chi connectivity index (χ1v) is 15.4.